The highest BCUT2D eigenvalue weighted by Crippen LogP contribution is 2.15. The number of hydrogen-bond acceptors (Lipinski definition) is 4. The van der Waals surface area contributed by atoms with Crippen LogP contribution < -0.4 is 11.1 Å². The van der Waals surface area contributed by atoms with Gasteiger partial charge < -0.3 is 11.1 Å². The van der Waals surface area contributed by atoms with Crippen LogP contribution in [0.25, 0.3) is 10.9 Å². The van der Waals surface area contributed by atoms with Crippen molar-refractivity contribution in [2.24, 2.45) is 11.1 Å². The number of nitrogens with two attached hydrogens (primary N) is 1. The van der Waals surface area contributed by atoms with Gasteiger partial charge in [0.25, 0.3) is 0 Å². The number of anilines is 1. The smallest absolute Gasteiger partial charge is 0.223 e. The second-order valence-corrected chi connectivity index (χ2v) is 4.97. The first-order valence-corrected chi connectivity index (χ1v) is 5.76. The zero-order valence-corrected chi connectivity index (χ0v) is 10.3. The van der Waals surface area contributed by atoms with E-state index < -0.39 is 0 Å². The van der Waals surface area contributed by atoms with E-state index in [9.17, 15) is 0 Å². The molecule has 0 radical (unpaired) electrons. The molecule has 0 aliphatic carbocycles. The fourth-order valence-electron chi connectivity index (χ4n) is 1.45. The van der Waals surface area contributed by atoms with Crippen LogP contribution in [0.4, 0.5) is 5.95 Å². The lowest BCUT2D eigenvalue weighted by atomic mass is 9.94. The maximum atomic E-state index is 5.68. The molecule has 1 aromatic heterocycles. The summed E-state index contributed by atoms with van der Waals surface area (Å²) in [5.74, 6) is 0.658. The molecule has 0 unspecified atom stereocenters. The number of para-hydroxylation sites is 1. The van der Waals surface area contributed by atoms with E-state index in [1.54, 1.807) is 0 Å². The van der Waals surface area contributed by atoms with Crippen LogP contribution in [0.5, 0.6) is 0 Å². The molecule has 3 N–H and O–H groups in total. The van der Waals surface area contributed by atoms with Crippen molar-refractivity contribution in [1.29, 1.82) is 0 Å². The summed E-state index contributed by atoms with van der Waals surface area (Å²) in [6.07, 6.45) is 1.83. The summed E-state index contributed by atoms with van der Waals surface area (Å²) < 4.78 is 0. The summed E-state index contributed by atoms with van der Waals surface area (Å²) in [5, 5.41) is 4.28. The van der Waals surface area contributed by atoms with Gasteiger partial charge in [0.05, 0.1) is 5.52 Å². The quantitative estimate of drug-likeness (QED) is 0.843. The van der Waals surface area contributed by atoms with Crippen molar-refractivity contribution in [3.05, 3.63) is 30.5 Å². The number of hydrogen-bond donors (Lipinski definition) is 2. The van der Waals surface area contributed by atoms with E-state index in [4.69, 9.17) is 5.73 Å². The molecule has 0 aliphatic rings. The minimum atomic E-state index is 0.0506. The lowest BCUT2D eigenvalue weighted by Crippen LogP contribution is -2.31. The summed E-state index contributed by atoms with van der Waals surface area (Å²) in [7, 11) is 0. The average Bonchev–Trinajstić information content (AvgIpc) is 2.36. The van der Waals surface area contributed by atoms with E-state index in [-0.39, 0.29) is 5.41 Å². The lowest BCUT2D eigenvalue weighted by Gasteiger charge is -2.22. The molecular formula is C13H18N4. The third kappa shape index (κ3) is 2.91. The van der Waals surface area contributed by atoms with Crippen molar-refractivity contribution >= 4 is 16.9 Å². The van der Waals surface area contributed by atoms with Crippen molar-refractivity contribution in [1.82, 2.24) is 9.97 Å². The number of aromatic nitrogens is 2. The minimum Gasteiger partial charge on any atom is -0.354 e. The van der Waals surface area contributed by atoms with Crippen molar-refractivity contribution in [3.63, 3.8) is 0 Å². The van der Waals surface area contributed by atoms with Gasteiger partial charge in [0.1, 0.15) is 0 Å². The highest BCUT2D eigenvalue weighted by atomic mass is 15.1. The van der Waals surface area contributed by atoms with E-state index in [0.29, 0.717) is 12.5 Å². The van der Waals surface area contributed by atoms with Gasteiger partial charge in [-0.3, -0.25) is 0 Å². The van der Waals surface area contributed by atoms with Crippen LogP contribution in [-0.4, -0.2) is 23.1 Å². The highest BCUT2D eigenvalue weighted by Gasteiger charge is 2.15. The van der Waals surface area contributed by atoms with E-state index in [1.165, 1.54) is 0 Å². The molecule has 4 nitrogen and oxygen atoms in total. The fourth-order valence-corrected chi connectivity index (χ4v) is 1.45. The standard InChI is InChI=1S/C13H18N4/c1-13(2,8-14)9-16-12-15-7-10-5-3-4-6-11(10)17-12/h3-7H,8-9,14H2,1-2H3,(H,15,16,17). The monoisotopic (exact) mass is 230 g/mol. The molecule has 0 aliphatic heterocycles. The molecule has 1 aromatic carbocycles. The second kappa shape index (κ2) is 4.67. The van der Waals surface area contributed by atoms with Gasteiger partial charge in [0.2, 0.25) is 5.95 Å². The number of fused-ring (bicyclic) bond motifs is 1. The Bertz CT molecular complexity index is 508. The molecule has 2 aromatic rings. The second-order valence-electron chi connectivity index (χ2n) is 4.97. The summed E-state index contributed by atoms with van der Waals surface area (Å²) in [5.41, 5.74) is 6.68. The largest absolute Gasteiger partial charge is 0.354 e. The van der Waals surface area contributed by atoms with Gasteiger partial charge in [-0.15, -0.1) is 0 Å². The topological polar surface area (TPSA) is 63.8 Å². The van der Waals surface area contributed by atoms with Gasteiger partial charge in [-0.05, 0) is 18.0 Å². The summed E-state index contributed by atoms with van der Waals surface area (Å²) in [6.45, 7) is 5.62. The molecule has 0 fully saturated rings. The van der Waals surface area contributed by atoms with Crippen molar-refractivity contribution < 1.29 is 0 Å². The first-order valence-electron chi connectivity index (χ1n) is 5.76. The minimum absolute atomic E-state index is 0.0506. The molecule has 0 saturated carbocycles. The summed E-state index contributed by atoms with van der Waals surface area (Å²) >= 11 is 0. The molecule has 0 bridgehead atoms. The Kier molecular flexibility index (Phi) is 3.24. The van der Waals surface area contributed by atoms with Crippen LogP contribution >= 0.6 is 0 Å². The van der Waals surface area contributed by atoms with Gasteiger partial charge in [0.15, 0.2) is 0 Å². The van der Waals surface area contributed by atoms with E-state index in [0.717, 1.165) is 17.4 Å². The Morgan fingerprint density at radius 2 is 2.06 bits per heavy atom. The van der Waals surface area contributed by atoms with Crippen molar-refractivity contribution in [2.75, 3.05) is 18.4 Å². The van der Waals surface area contributed by atoms with Gasteiger partial charge in [0, 0.05) is 18.1 Å². The third-order valence-corrected chi connectivity index (χ3v) is 2.77. The van der Waals surface area contributed by atoms with Gasteiger partial charge in [-0.25, -0.2) is 9.97 Å². The fraction of sp³-hybridized carbons (Fsp3) is 0.385. The normalized spacial score (nSPS) is 11.7. The van der Waals surface area contributed by atoms with Gasteiger partial charge >= 0.3 is 0 Å². The SMILES string of the molecule is CC(C)(CN)CNc1ncc2ccccc2n1. The number of benzene rings is 1. The van der Waals surface area contributed by atoms with E-state index >= 15 is 0 Å². The zero-order chi connectivity index (χ0) is 12.3. The zero-order valence-electron chi connectivity index (χ0n) is 10.3. The number of rotatable bonds is 4. The predicted octanol–water partition coefficient (Wildman–Crippen LogP) is 2.03. The van der Waals surface area contributed by atoms with Gasteiger partial charge in [-0.2, -0.15) is 0 Å². The average molecular weight is 230 g/mol. The Labute approximate surface area is 101 Å². The maximum Gasteiger partial charge on any atom is 0.223 e. The third-order valence-electron chi connectivity index (χ3n) is 2.77. The van der Waals surface area contributed by atoms with Crippen LogP contribution in [0.2, 0.25) is 0 Å². The van der Waals surface area contributed by atoms with Crippen molar-refractivity contribution in [3.8, 4) is 0 Å². The highest BCUT2D eigenvalue weighted by molar-refractivity contribution is 5.78. The Balaban J connectivity index is 2.14. The summed E-state index contributed by atoms with van der Waals surface area (Å²) in [4.78, 5) is 8.73. The van der Waals surface area contributed by atoms with Crippen molar-refractivity contribution in [2.45, 2.75) is 13.8 Å². The Morgan fingerprint density at radius 1 is 1.29 bits per heavy atom. The number of nitrogens with one attached hydrogen (secondary N) is 1. The summed E-state index contributed by atoms with van der Waals surface area (Å²) in [6, 6.07) is 7.94. The van der Waals surface area contributed by atoms with E-state index in [1.807, 2.05) is 30.5 Å². The van der Waals surface area contributed by atoms with Crippen LogP contribution in [0.15, 0.2) is 30.5 Å². The van der Waals surface area contributed by atoms with Crippen LogP contribution in [0.3, 0.4) is 0 Å². The molecule has 0 saturated heterocycles. The molecule has 0 amide bonds. The molecular weight excluding hydrogens is 212 g/mol. The molecule has 2 rings (SSSR count). The Morgan fingerprint density at radius 3 is 2.82 bits per heavy atom. The van der Waals surface area contributed by atoms with Gasteiger partial charge in [-0.1, -0.05) is 32.0 Å². The molecule has 1 heterocycles. The first-order chi connectivity index (χ1) is 8.11. The number of nitrogens with zero attached hydrogens (tertiary/aromatic N) is 2. The molecule has 17 heavy (non-hydrogen) atoms. The molecule has 0 atom stereocenters. The van der Waals surface area contributed by atoms with Crippen LogP contribution in [0, 0.1) is 5.41 Å². The van der Waals surface area contributed by atoms with Crippen LogP contribution in [-0.2, 0) is 0 Å². The molecule has 4 heteroatoms. The lowest BCUT2D eigenvalue weighted by molar-refractivity contribution is 0.405. The van der Waals surface area contributed by atoms with E-state index in [2.05, 4.69) is 29.1 Å². The molecule has 0 spiro atoms. The maximum absolute atomic E-state index is 5.68. The van der Waals surface area contributed by atoms with Crippen LogP contribution in [0.1, 0.15) is 13.8 Å². The first kappa shape index (κ1) is 11.8. The Hall–Kier alpha value is -1.68. The predicted molar refractivity (Wildman–Crippen MR) is 70.9 cm³/mol. The molecule has 90 valence electrons.